The van der Waals surface area contributed by atoms with E-state index in [0.717, 1.165) is 16.8 Å². The Morgan fingerprint density at radius 3 is 1.82 bits per heavy atom. The Kier molecular flexibility index (Phi) is 6.09. The standard InChI is InChI=1S/C25H22F2N6O/c26-21-7-1-18(2-8-21)24(19-3-9-22(27)10-4-19)31-13-15-32(16-14-31)25(34)20-5-11-23(12-6-20)33-17-28-29-30-33/h1-12,17,24H,13-16H2. The van der Waals surface area contributed by atoms with Crippen LogP contribution in [0.5, 0.6) is 0 Å². The van der Waals surface area contributed by atoms with Gasteiger partial charge in [-0.3, -0.25) is 9.69 Å². The van der Waals surface area contributed by atoms with Gasteiger partial charge in [-0.15, -0.1) is 5.10 Å². The van der Waals surface area contributed by atoms with Crippen molar-refractivity contribution >= 4 is 5.91 Å². The number of halogens is 2. The normalized spacial score (nSPS) is 14.5. The fraction of sp³-hybridized carbons (Fsp3) is 0.200. The van der Waals surface area contributed by atoms with Gasteiger partial charge in [0, 0.05) is 31.7 Å². The summed E-state index contributed by atoms with van der Waals surface area (Å²) >= 11 is 0. The first kappa shape index (κ1) is 21.8. The van der Waals surface area contributed by atoms with Gasteiger partial charge in [0.2, 0.25) is 0 Å². The molecule has 0 saturated carbocycles. The first-order valence-electron chi connectivity index (χ1n) is 11.0. The minimum absolute atomic E-state index is 0.0389. The number of rotatable bonds is 5. The number of tetrazole rings is 1. The summed E-state index contributed by atoms with van der Waals surface area (Å²) in [5.74, 6) is -0.644. The summed E-state index contributed by atoms with van der Waals surface area (Å²) < 4.78 is 28.6. The number of hydrogen-bond donors (Lipinski definition) is 0. The SMILES string of the molecule is O=C(c1ccc(-n2cnnn2)cc1)N1CCN(C(c2ccc(F)cc2)c2ccc(F)cc2)CC1. The molecule has 0 N–H and O–H groups in total. The van der Waals surface area contributed by atoms with Crippen LogP contribution in [0.2, 0.25) is 0 Å². The van der Waals surface area contributed by atoms with E-state index in [1.807, 2.05) is 4.90 Å². The smallest absolute Gasteiger partial charge is 0.253 e. The van der Waals surface area contributed by atoms with Gasteiger partial charge in [-0.2, -0.15) is 0 Å². The number of benzene rings is 3. The van der Waals surface area contributed by atoms with Crippen LogP contribution >= 0.6 is 0 Å². The molecule has 1 fully saturated rings. The van der Waals surface area contributed by atoms with Crippen molar-refractivity contribution in [1.29, 1.82) is 0 Å². The molecule has 3 aromatic carbocycles. The zero-order chi connectivity index (χ0) is 23.5. The molecular weight excluding hydrogens is 438 g/mol. The maximum atomic E-state index is 13.5. The predicted octanol–water partition coefficient (Wildman–Crippen LogP) is 3.49. The second-order valence-electron chi connectivity index (χ2n) is 8.14. The molecule has 4 aromatic rings. The summed E-state index contributed by atoms with van der Waals surface area (Å²) in [4.78, 5) is 17.1. The number of piperazine rings is 1. The highest BCUT2D eigenvalue weighted by Gasteiger charge is 2.28. The molecule has 9 heteroatoms. The third-order valence-electron chi connectivity index (χ3n) is 6.07. The zero-order valence-corrected chi connectivity index (χ0v) is 18.3. The number of carbonyl (C=O) groups excluding carboxylic acids is 1. The lowest BCUT2D eigenvalue weighted by Gasteiger charge is -2.39. The van der Waals surface area contributed by atoms with E-state index in [2.05, 4.69) is 20.4 Å². The average Bonchev–Trinajstić information content (AvgIpc) is 3.42. The lowest BCUT2D eigenvalue weighted by Crippen LogP contribution is -2.49. The highest BCUT2D eigenvalue weighted by atomic mass is 19.1. The van der Waals surface area contributed by atoms with E-state index in [0.29, 0.717) is 31.7 Å². The van der Waals surface area contributed by atoms with Crippen molar-refractivity contribution in [3.63, 3.8) is 0 Å². The Hall–Kier alpha value is -3.98. The van der Waals surface area contributed by atoms with E-state index in [1.165, 1.54) is 35.3 Å². The monoisotopic (exact) mass is 460 g/mol. The zero-order valence-electron chi connectivity index (χ0n) is 18.3. The van der Waals surface area contributed by atoms with Crippen LogP contribution in [-0.2, 0) is 0 Å². The molecule has 34 heavy (non-hydrogen) atoms. The van der Waals surface area contributed by atoms with E-state index >= 15 is 0 Å². The summed E-state index contributed by atoms with van der Waals surface area (Å²) in [7, 11) is 0. The average molecular weight is 460 g/mol. The Morgan fingerprint density at radius 1 is 0.765 bits per heavy atom. The first-order valence-corrected chi connectivity index (χ1v) is 11.0. The number of aromatic nitrogens is 4. The van der Waals surface area contributed by atoms with Gasteiger partial charge < -0.3 is 4.90 Å². The molecule has 1 saturated heterocycles. The van der Waals surface area contributed by atoms with Crippen molar-refractivity contribution in [1.82, 2.24) is 30.0 Å². The van der Waals surface area contributed by atoms with Gasteiger partial charge in [0.05, 0.1) is 11.7 Å². The lowest BCUT2D eigenvalue weighted by atomic mass is 9.96. The Balaban J connectivity index is 1.30. The third kappa shape index (κ3) is 4.55. The van der Waals surface area contributed by atoms with Crippen molar-refractivity contribution in [3.8, 4) is 5.69 Å². The van der Waals surface area contributed by atoms with Gasteiger partial charge in [-0.05, 0) is 70.1 Å². The van der Waals surface area contributed by atoms with Crippen LogP contribution in [0.25, 0.3) is 5.69 Å². The Bertz CT molecular complexity index is 1190. The second-order valence-corrected chi connectivity index (χ2v) is 8.14. The van der Waals surface area contributed by atoms with Crippen LogP contribution < -0.4 is 0 Å². The van der Waals surface area contributed by atoms with Gasteiger partial charge >= 0.3 is 0 Å². The number of hydrogen-bond acceptors (Lipinski definition) is 5. The summed E-state index contributed by atoms with van der Waals surface area (Å²) in [6.45, 7) is 2.36. The summed E-state index contributed by atoms with van der Waals surface area (Å²) in [6.07, 6.45) is 1.49. The third-order valence-corrected chi connectivity index (χ3v) is 6.07. The largest absolute Gasteiger partial charge is 0.336 e. The molecule has 0 aliphatic carbocycles. The van der Waals surface area contributed by atoms with Gasteiger partial charge in [-0.1, -0.05) is 24.3 Å². The maximum Gasteiger partial charge on any atom is 0.253 e. The Morgan fingerprint density at radius 2 is 1.32 bits per heavy atom. The van der Waals surface area contributed by atoms with E-state index in [1.54, 1.807) is 48.5 Å². The van der Waals surface area contributed by atoms with Crippen molar-refractivity contribution < 1.29 is 13.6 Å². The summed E-state index contributed by atoms with van der Waals surface area (Å²) in [5, 5.41) is 11.1. The lowest BCUT2D eigenvalue weighted by molar-refractivity contribution is 0.0597. The quantitative estimate of drug-likeness (QED) is 0.456. The molecule has 7 nitrogen and oxygen atoms in total. The van der Waals surface area contributed by atoms with Crippen LogP contribution in [-0.4, -0.2) is 62.1 Å². The van der Waals surface area contributed by atoms with Crippen LogP contribution in [0.15, 0.2) is 79.1 Å². The molecule has 0 radical (unpaired) electrons. The minimum Gasteiger partial charge on any atom is -0.336 e. The van der Waals surface area contributed by atoms with Crippen molar-refractivity contribution in [2.75, 3.05) is 26.2 Å². The Labute approximate surface area is 195 Å². The van der Waals surface area contributed by atoms with Crippen molar-refractivity contribution in [2.24, 2.45) is 0 Å². The van der Waals surface area contributed by atoms with Gasteiger partial charge in [0.15, 0.2) is 0 Å². The molecule has 172 valence electrons. The predicted molar refractivity (Wildman–Crippen MR) is 121 cm³/mol. The van der Waals surface area contributed by atoms with E-state index < -0.39 is 0 Å². The molecule has 0 unspecified atom stereocenters. The summed E-state index contributed by atoms with van der Waals surface area (Å²) in [5.41, 5.74) is 3.21. The van der Waals surface area contributed by atoms with Crippen LogP contribution in [0.1, 0.15) is 27.5 Å². The van der Waals surface area contributed by atoms with E-state index in [4.69, 9.17) is 0 Å². The molecule has 1 amide bonds. The maximum absolute atomic E-state index is 13.5. The van der Waals surface area contributed by atoms with Gasteiger partial charge in [0.25, 0.3) is 5.91 Å². The molecule has 0 atom stereocenters. The van der Waals surface area contributed by atoms with Crippen LogP contribution in [0.4, 0.5) is 8.78 Å². The minimum atomic E-state index is -0.303. The molecule has 1 aliphatic rings. The van der Waals surface area contributed by atoms with Gasteiger partial charge in [-0.25, -0.2) is 13.5 Å². The molecule has 5 rings (SSSR count). The molecule has 1 aromatic heterocycles. The summed E-state index contributed by atoms with van der Waals surface area (Å²) in [6, 6.07) is 19.8. The molecule has 0 spiro atoms. The van der Waals surface area contributed by atoms with E-state index in [-0.39, 0.29) is 23.6 Å². The van der Waals surface area contributed by atoms with Crippen molar-refractivity contribution in [2.45, 2.75) is 6.04 Å². The van der Waals surface area contributed by atoms with E-state index in [9.17, 15) is 13.6 Å². The molecule has 0 bridgehead atoms. The highest BCUT2D eigenvalue weighted by Crippen LogP contribution is 2.30. The fourth-order valence-electron chi connectivity index (χ4n) is 4.31. The first-order chi connectivity index (χ1) is 16.6. The van der Waals surface area contributed by atoms with Crippen LogP contribution in [0.3, 0.4) is 0 Å². The number of amides is 1. The molecule has 1 aliphatic heterocycles. The topological polar surface area (TPSA) is 67.2 Å². The number of carbonyl (C=O) groups is 1. The van der Waals surface area contributed by atoms with Gasteiger partial charge in [0.1, 0.15) is 18.0 Å². The van der Waals surface area contributed by atoms with Crippen molar-refractivity contribution in [3.05, 3.63) is 107 Å². The highest BCUT2D eigenvalue weighted by molar-refractivity contribution is 5.94. The van der Waals surface area contributed by atoms with Crippen LogP contribution in [0, 0.1) is 11.6 Å². The molecular formula is C25H22F2N6O. The number of nitrogens with zero attached hydrogens (tertiary/aromatic N) is 6. The second kappa shape index (κ2) is 9.48. The fourth-order valence-corrected chi connectivity index (χ4v) is 4.31. The molecule has 2 heterocycles.